The average Bonchev–Trinajstić information content (AvgIpc) is 3.24. The lowest BCUT2D eigenvalue weighted by molar-refractivity contribution is -0.127. The molecule has 2 aliphatic heterocycles. The molecule has 11 heteroatoms. The van der Waals surface area contributed by atoms with Crippen molar-refractivity contribution >= 4 is 27.5 Å². The van der Waals surface area contributed by atoms with E-state index in [9.17, 15) is 17.6 Å². The number of hydrogen-bond acceptors (Lipinski definition) is 6. The summed E-state index contributed by atoms with van der Waals surface area (Å²) in [6, 6.07) is 8.74. The molecule has 4 rings (SSSR count). The van der Waals surface area contributed by atoms with Gasteiger partial charge in [0.2, 0.25) is 6.79 Å². The van der Waals surface area contributed by atoms with E-state index in [0.29, 0.717) is 22.9 Å². The summed E-state index contributed by atoms with van der Waals surface area (Å²) >= 11 is 0. The maximum absolute atomic E-state index is 13.6. The third-order valence-electron chi connectivity index (χ3n) is 4.81. The number of fused-ring (bicyclic) bond motifs is 2. The SMILES string of the molecule is C[C@@H](Oc1ccc2c(c1)OCO2)C(=O)NCCN1c2cc(F)ccc2N(C)S1(=O)=O. The standard InChI is InChI=1S/C19H20FN3O6S/c1-12(29-14-4-6-17-18(10-14)28-11-27-17)19(24)21-7-8-23-16-9-13(20)3-5-15(16)22(2)30(23,25)26/h3-6,9-10,12H,7-8,11H2,1-2H3,(H,21,24)/t12-/m1/s1. The van der Waals surface area contributed by atoms with Crippen molar-refractivity contribution < 1.29 is 31.8 Å². The van der Waals surface area contributed by atoms with Gasteiger partial charge in [-0.3, -0.25) is 9.10 Å². The van der Waals surface area contributed by atoms with Gasteiger partial charge in [0.15, 0.2) is 17.6 Å². The molecule has 2 aromatic rings. The summed E-state index contributed by atoms with van der Waals surface area (Å²) in [5.74, 6) is 0.619. The summed E-state index contributed by atoms with van der Waals surface area (Å²) in [7, 11) is -2.43. The number of ether oxygens (including phenoxy) is 3. The molecule has 1 atom stereocenters. The number of rotatable bonds is 6. The Labute approximate surface area is 173 Å². The molecule has 0 aliphatic carbocycles. The van der Waals surface area contributed by atoms with Crippen LogP contribution in [0.15, 0.2) is 36.4 Å². The summed E-state index contributed by atoms with van der Waals surface area (Å²) in [6.45, 7) is 1.68. The highest BCUT2D eigenvalue weighted by molar-refractivity contribution is 7.94. The van der Waals surface area contributed by atoms with Gasteiger partial charge in [-0.2, -0.15) is 8.42 Å². The lowest BCUT2D eigenvalue weighted by Gasteiger charge is -2.20. The number of halogens is 1. The van der Waals surface area contributed by atoms with E-state index in [1.165, 1.54) is 19.2 Å². The van der Waals surface area contributed by atoms with Crippen molar-refractivity contribution in [2.24, 2.45) is 0 Å². The molecule has 0 spiro atoms. The van der Waals surface area contributed by atoms with E-state index < -0.39 is 28.0 Å². The number of nitrogens with zero attached hydrogens (tertiary/aromatic N) is 2. The van der Waals surface area contributed by atoms with Crippen LogP contribution in [0, 0.1) is 5.82 Å². The van der Waals surface area contributed by atoms with Gasteiger partial charge >= 0.3 is 10.2 Å². The highest BCUT2D eigenvalue weighted by Gasteiger charge is 2.38. The van der Waals surface area contributed by atoms with Crippen molar-refractivity contribution in [1.82, 2.24) is 5.32 Å². The zero-order valence-corrected chi connectivity index (χ0v) is 17.1. The van der Waals surface area contributed by atoms with Gasteiger partial charge < -0.3 is 19.5 Å². The molecule has 1 amide bonds. The minimum Gasteiger partial charge on any atom is -0.481 e. The monoisotopic (exact) mass is 437 g/mol. The first-order valence-corrected chi connectivity index (χ1v) is 10.6. The fraction of sp³-hybridized carbons (Fsp3) is 0.316. The first-order valence-electron chi connectivity index (χ1n) is 9.17. The molecule has 0 radical (unpaired) electrons. The first kappa shape index (κ1) is 20.1. The highest BCUT2D eigenvalue weighted by atomic mass is 32.2. The lowest BCUT2D eigenvalue weighted by Crippen LogP contribution is -2.43. The Hall–Kier alpha value is -3.21. The smallest absolute Gasteiger partial charge is 0.326 e. The number of carbonyl (C=O) groups excluding carboxylic acids is 1. The van der Waals surface area contributed by atoms with Crippen LogP contribution in [0.4, 0.5) is 15.8 Å². The maximum Gasteiger partial charge on any atom is 0.326 e. The fourth-order valence-corrected chi connectivity index (χ4v) is 4.64. The first-order chi connectivity index (χ1) is 14.3. The molecule has 9 nitrogen and oxygen atoms in total. The van der Waals surface area contributed by atoms with Crippen LogP contribution in [0.25, 0.3) is 0 Å². The summed E-state index contributed by atoms with van der Waals surface area (Å²) in [5, 5.41) is 2.64. The van der Waals surface area contributed by atoms with Gasteiger partial charge in [-0.15, -0.1) is 0 Å². The minimum absolute atomic E-state index is 0.0245. The van der Waals surface area contributed by atoms with E-state index in [4.69, 9.17) is 14.2 Å². The minimum atomic E-state index is -3.82. The van der Waals surface area contributed by atoms with E-state index >= 15 is 0 Å². The Morgan fingerprint density at radius 1 is 1.20 bits per heavy atom. The van der Waals surface area contributed by atoms with Crippen molar-refractivity contribution in [3.63, 3.8) is 0 Å². The average molecular weight is 437 g/mol. The Kier molecular flexibility index (Phi) is 5.06. The van der Waals surface area contributed by atoms with Gasteiger partial charge in [-0.1, -0.05) is 0 Å². The van der Waals surface area contributed by atoms with E-state index in [1.807, 2.05) is 0 Å². The zero-order valence-electron chi connectivity index (χ0n) is 16.3. The lowest BCUT2D eigenvalue weighted by atomic mass is 10.2. The Balaban J connectivity index is 1.36. The molecule has 2 heterocycles. The second-order valence-corrected chi connectivity index (χ2v) is 8.63. The molecular formula is C19H20FN3O6S. The summed E-state index contributed by atoms with van der Waals surface area (Å²) < 4.78 is 57.0. The normalized spacial score (nSPS) is 16.9. The summed E-state index contributed by atoms with van der Waals surface area (Å²) in [6.07, 6.45) is -0.826. The van der Waals surface area contributed by atoms with Crippen LogP contribution < -0.4 is 28.1 Å². The fourth-order valence-electron chi connectivity index (χ4n) is 3.23. The van der Waals surface area contributed by atoms with Gasteiger partial charge in [-0.25, -0.2) is 8.70 Å². The molecule has 160 valence electrons. The van der Waals surface area contributed by atoms with Gasteiger partial charge in [0.1, 0.15) is 11.6 Å². The topological polar surface area (TPSA) is 97.4 Å². The van der Waals surface area contributed by atoms with Crippen LogP contribution in [0.5, 0.6) is 17.2 Å². The third-order valence-corrected chi connectivity index (χ3v) is 6.64. The number of benzene rings is 2. The van der Waals surface area contributed by atoms with Crippen LogP contribution in [-0.4, -0.2) is 47.4 Å². The Morgan fingerprint density at radius 2 is 1.97 bits per heavy atom. The zero-order chi connectivity index (χ0) is 21.5. The third kappa shape index (κ3) is 3.56. The predicted octanol–water partition coefficient (Wildman–Crippen LogP) is 1.64. The van der Waals surface area contributed by atoms with Crippen LogP contribution in [-0.2, 0) is 15.0 Å². The largest absolute Gasteiger partial charge is 0.481 e. The predicted molar refractivity (Wildman–Crippen MR) is 107 cm³/mol. The molecule has 1 N–H and O–H groups in total. The van der Waals surface area contributed by atoms with Crippen LogP contribution in [0.1, 0.15) is 6.92 Å². The van der Waals surface area contributed by atoms with Crippen molar-refractivity contribution in [2.75, 3.05) is 35.5 Å². The van der Waals surface area contributed by atoms with Gasteiger partial charge in [0.05, 0.1) is 17.9 Å². The number of carbonyl (C=O) groups is 1. The van der Waals surface area contributed by atoms with E-state index in [0.717, 1.165) is 14.7 Å². The van der Waals surface area contributed by atoms with E-state index in [-0.39, 0.29) is 25.6 Å². The van der Waals surface area contributed by atoms with Gasteiger partial charge in [0, 0.05) is 25.7 Å². The van der Waals surface area contributed by atoms with Crippen LogP contribution >= 0.6 is 0 Å². The second-order valence-electron chi connectivity index (χ2n) is 6.75. The second kappa shape index (κ2) is 7.56. The van der Waals surface area contributed by atoms with Gasteiger partial charge in [-0.05, 0) is 31.2 Å². The molecule has 0 aromatic heterocycles. The Bertz CT molecular complexity index is 1090. The van der Waals surface area contributed by atoms with Crippen LogP contribution in [0.3, 0.4) is 0 Å². The van der Waals surface area contributed by atoms with Gasteiger partial charge in [0.25, 0.3) is 5.91 Å². The molecule has 0 saturated carbocycles. The van der Waals surface area contributed by atoms with E-state index in [1.54, 1.807) is 25.1 Å². The van der Waals surface area contributed by atoms with Crippen molar-refractivity contribution in [1.29, 1.82) is 0 Å². The molecule has 0 fully saturated rings. The molecule has 0 saturated heterocycles. The van der Waals surface area contributed by atoms with Crippen molar-refractivity contribution in [3.8, 4) is 17.2 Å². The number of nitrogens with one attached hydrogen (secondary N) is 1. The Morgan fingerprint density at radius 3 is 2.77 bits per heavy atom. The number of hydrogen-bond donors (Lipinski definition) is 1. The maximum atomic E-state index is 13.6. The molecule has 0 unspecified atom stereocenters. The molecule has 2 aliphatic rings. The number of anilines is 2. The summed E-state index contributed by atoms with van der Waals surface area (Å²) in [5.41, 5.74) is 0.610. The van der Waals surface area contributed by atoms with E-state index in [2.05, 4.69) is 5.32 Å². The molecule has 30 heavy (non-hydrogen) atoms. The molecular weight excluding hydrogens is 417 g/mol. The van der Waals surface area contributed by atoms with Crippen LogP contribution in [0.2, 0.25) is 0 Å². The molecule has 2 aromatic carbocycles. The highest BCUT2D eigenvalue weighted by Crippen LogP contribution is 2.40. The quantitative estimate of drug-likeness (QED) is 0.738. The molecule has 0 bridgehead atoms. The van der Waals surface area contributed by atoms with Crippen molar-refractivity contribution in [3.05, 3.63) is 42.2 Å². The number of amides is 1. The summed E-state index contributed by atoms with van der Waals surface area (Å²) in [4.78, 5) is 12.3. The van der Waals surface area contributed by atoms with Crippen molar-refractivity contribution in [2.45, 2.75) is 13.0 Å².